The summed E-state index contributed by atoms with van der Waals surface area (Å²) in [4.78, 5) is 25.0. The van der Waals surface area contributed by atoms with Gasteiger partial charge < -0.3 is 15.4 Å². The molecule has 5 nitrogen and oxygen atoms in total. The monoisotopic (exact) mass is 366 g/mol. The molecule has 1 aromatic rings. The lowest BCUT2D eigenvalue weighted by Crippen LogP contribution is -2.27. The first-order valence-corrected chi connectivity index (χ1v) is 9.28. The lowest BCUT2D eigenvalue weighted by atomic mass is 9.90. The molecule has 1 aliphatic heterocycles. The number of allylic oxidation sites excluding steroid dienone is 4. The average molecular weight is 366 g/mol. The standard InChI is InChI=1S/C22H26N2O3/c1-5-6-7-8-13(2)18-12-27-20-16(18)10-15(11-17(20)22(26)23-4)21(25)24-19-9-14(19)3/h5-8,10-11,14,18-19H,2,9,12H2,1,3-4H3,(H,23,26)(H,24,25)/b6-5-,8-7-/t14-,18+,19-/m0/s1. The van der Waals surface area contributed by atoms with E-state index in [1.54, 1.807) is 13.1 Å². The molecule has 0 spiro atoms. The van der Waals surface area contributed by atoms with E-state index in [-0.39, 0.29) is 23.8 Å². The first-order valence-electron chi connectivity index (χ1n) is 9.28. The Morgan fingerprint density at radius 1 is 1.26 bits per heavy atom. The van der Waals surface area contributed by atoms with E-state index in [4.69, 9.17) is 4.74 Å². The molecule has 142 valence electrons. The van der Waals surface area contributed by atoms with Crippen LogP contribution in [0.3, 0.4) is 0 Å². The lowest BCUT2D eigenvalue weighted by molar-refractivity contribution is 0.0949. The molecule has 5 heteroatoms. The molecule has 1 saturated carbocycles. The summed E-state index contributed by atoms with van der Waals surface area (Å²) in [5.41, 5.74) is 2.58. The van der Waals surface area contributed by atoms with Crippen LogP contribution >= 0.6 is 0 Å². The maximum Gasteiger partial charge on any atom is 0.254 e. The van der Waals surface area contributed by atoms with Crippen LogP contribution in [-0.4, -0.2) is 31.5 Å². The molecule has 2 aliphatic rings. The SMILES string of the molecule is C=C(/C=C\C=C/C)[C@H]1COc2c(C(=O)NC)cc(C(=O)N[C@H]3C[C@@H]3C)cc21. The van der Waals surface area contributed by atoms with Crippen molar-refractivity contribution in [1.29, 1.82) is 0 Å². The van der Waals surface area contributed by atoms with Crippen LogP contribution in [0, 0.1) is 5.92 Å². The van der Waals surface area contributed by atoms with Gasteiger partial charge in [0.2, 0.25) is 0 Å². The highest BCUT2D eigenvalue weighted by Gasteiger charge is 2.35. The second-order valence-corrected chi connectivity index (χ2v) is 7.14. The van der Waals surface area contributed by atoms with Crippen LogP contribution in [0.1, 0.15) is 52.5 Å². The zero-order valence-electron chi connectivity index (χ0n) is 16.0. The smallest absolute Gasteiger partial charge is 0.254 e. The summed E-state index contributed by atoms with van der Waals surface area (Å²) in [7, 11) is 1.57. The Kier molecular flexibility index (Phi) is 5.49. The first-order chi connectivity index (χ1) is 13.0. The van der Waals surface area contributed by atoms with Crippen molar-refractivity contribution in [3.63, 3.8) is 0 Å². The summed E-state index contributed by atoms with van der Waals surface area (Å²) in [5, 5.41) is 5.65. The minimum absolute atomic E-state index is 0.0856. The maximum absolute atomic E-state index is 12.7. The van der Waals surface area contributed by atoms with E-state index in [0.717, 1.165) is 17.6 Å². The Bertz CT molecular complexity index is 838. The summed E-state index contributed by atoms with van der Waals surface area (Å²) in [6.45, 7) is 8.60. The molecular formula is C22H26N2O3. The molecule has 1 aromatic carbocycles. The van der Waals surface area contributed by atoms with Crippen LogP contribution in [-0.2, 0) is 0 Å². The molecule has 0 unspecified atom stereocenters. The Balaban J connectivity index is 1.96. The molecular weight excluding hydrogens is 340 g/mol. The largest absolute Gasteiger partial charge is 0.491 e. The normalized spacial score (nSPS) is 23.1. The van der Waals surface area contributed by atoms with Crippen molar-refractivity contribution in [2.45, 2.75) is 32.2 Å². The summed E-state index contributed by atoms with van der Waals surface area (Å²) in [5.74, 6) is 0.539. The van der Waals surface area contributed by atoms with E-state index in [2.05, 4.69) is 24.1 Å². The molecule has 0 aromatic heterocycles. The van der Waals surface area contributed by atoms with Crippen LogP contribution in [0.5, 0.6) is 5.75 Å². The van der Waals surface area contributed by atoms with Crippen molar-refractivity contribution in [2.24, 2.45) is 5.92 Å². The lowest BCUT2D eigenvalue weighted by Gasteiger charge is -2.13. The number of hydrogen-bond acceptors (Lipinski definition) is 3. The van der Waals surface area contributed by atoms with Gasteiger partial charge in [-0.05, 0) is 37.0 Å². The fourth-order valence-corrected chi connectivity index (χ4v) is 3.25. The van der Waals surface area contributed by atoms with Crippen LogP contribution in [0.25, 0.3) is 0 Å². The third kappa shape index (κ3) is 3.97. The molecule has 3 rings (SSSR count). The van der Waals surface area contributed by atoms with Gasteiger partial charge in [0.15, 0.2) is 0 Å². The summed E-state index contributed by atoms with van der Waals surface area (Å²) in [6.07, 6.45) is 8.72. The van der Waals surface area contributed by atoms with Crippen LogP contribution in [0.4, 0.5) is 0 Å². The van der Waals surface area contributed by atoms with E-state index < -0.39 is 0 Å². The van der Waals surface area contributed by atoms with E-state index >= 15 is 0 Å². The molecule has 0 bridgehead atoms. The van der Waals surface area contributed by atoms with Gasteiger partial charge in [-0.3, -0.25) is 9.59 Å². The molecule has 1 aliphatic carbocycles. The highest BCUT2D eigenvalue weighted by atomic mass is 16.5. The minimum atomic E-state index is -0.267. The van der Waals surface area contributed by atoms with E-state index in [1.165, 1.54) is 0 Å². The Labute approximate surface area is 160 Å². The van der Waals surface area contributed by atoms with Gasteiger partial charge >= 0.3 is 0 Å². The number of rotatable bonds is 6. The third-order valence-corrected chi connectivity index (χ3v) is 5.11. The fraction of sp³-hybridized carbons (Fsp3) is 0.364. The summed E-state index contributed by atoms with van der Waals surface area (Å²) in [6, 6.07) is 3.66. The van der Waals surface area contributed by atoms with Crippen LogP contribution in [0.15, 0.2) is 48.6 Å². The van der Waals surface area contributed by atoms with E-state index in [0.29, 0.717) is 29.4 Å². The molecule has 0 radical (unpaired) electrons. The van der Waals surface area contributed by atoms with Gasteiger partial charge in [0.05, 0.1) is 12.2 Å². The predicted molar refractivity (Wildman–Crippen MR) is 106 cm³/mol. The van der Waals surface area contributed by atoms with E-state index in [1.807, 2.05) is 37.3 Å². The molecule has 27 heavy (non-hydrogen) atoms. The number of carbonyl (C=O) groups excluding carboxylic acids is 2. The van der Waals surface area contributed by atoms with E-state index in [9.17, 15) is 9.59 Å². The number of carbonyl (C=O) groups is 2. The van der Waals surface area contributed by atoms with Crippen molar-refractivity contribution >= 4 is 11.8 Å². The summed E-state index contributed by atoms with van der Waals surface area (Å²) < 4.78 is 5.83. The molecule has 1 fully saturated rings. The fourth-order valence-electron chi connectivity index (χ4n) is 3.25. The first kappa shape index (κ1) is 19.0. The third-order valence-electron chi connectivity index (χ3n) is 5.11. The van der Waals surface area contributed by atoms with Crippen LogP contribution < -0.4 is 15.4 Å². The van der Waals surface area contributed by atoms with Gasteiger partial charge in [0.1, 0.15) is 5.75 Å². The minimum Gasteiger partial charge on any atom is -0.491 e. The van der Waals surface area contributed by atoms with Crippen molar-refractivity contribution in [3.05, 3.63) is 65.3 Å². The quantitative estimate of drug-likeness (QED) is 0.759. The highest BCUT2D eigenvalue weighted by Crippen LogP contribution is 2.41. The average Bonchev–Trinajstić information content (AvgIpc) is 3.18. The van der Waals surface area contributed by atoms with Gasteiger partial charge in [-0.25, -0.2) is 0 Å². The number of nitrogens with one attached hydrogen (secondary N) is 2. The van der Waals surface area contributed by atoms with Gasteiger partial charge in [-0.2, -0.15) is 0 Å². The van der Waals surface area contributed by atoms with Crippen molar-refractivity contribution in [1.82, 2.24) is 10.6 Å². The van der Waals surface area contributed by atoms with Crippen molar-refractivity contribution in [2.75, 3.05) is 13.7 Å². The number of hydrogen-bond donors (Lipinski definition) is 2. The topological polar surface area (TPSA) is 67.4 Å². The van der Waals surface area contributed by atoms with Gasteiger partial charge in [-0.15, -0.1) is 0 Å². The molecule has 2 amide bonds. The second kappa shape index (κ2) is 7.82. The molecule has 1 heterocycles. The maximum atomic E-state index is 12.7. The Hall–Kier alpha value is -2.82. The molecule has 2 N–H and O–H groups in total. The number of amides is 2. The summed E-state index contributed by atoms with van der Waals surface area (Å²) >= 11 is 0. The number of fused-ring (bicyclic) bond motifs is 1. The van der Waals surface area contributed by atoms with Gasteiger partial charge in [-0.1, -0.05) is 37.8 Å². The van der Waals surface area contributed by atoms with Crippen LogP contribution in [0.2, 0.25) is 0 Å². The van der Waals surface area contributed by atoms with Crippen molar-refractivity contribution in [3.8, 4) is 5.75 Å². The Morgan fingerprint density at radius 3 is 2.63 bits per heavy atom. The second-order valence-electron chi connectivity index (χ2n) is 7.14. The predicted octanol–water partition coefficient (Wildman–Crippen LogP) is 3.35. The molecule has 0 saturated heterocycles. The number of benzene rings is 1. The Morgan fingerprint density at radius 2 is 2.00 bits per heavy atom. The molecule has 3 atom stereocenters. The zero-order valence-corrected chi connectivity index (χ0v) is 16.0. The van der Waals surface area contributed by atoms with Gasteiger partial charge in [0.25, 0.3) is 11.8 Å². The van der Waals surface area contributed by atoms with Crippen molar-refractivity contribution < 1.29 is 14.3 Å². The van der Waals surface area contributed by atoms with Gasteiger partial charge in [0, 0.05) is 30.1 Å². The zero-order chi connectivity index (χ0) is 19.6. The highest BCUT2D eigenvalue weighted by molar-refractivity contribution is 6.02. The number of ether oxygens (including phenoxy) is 1.